The molecule has 3 rings (SSSR count). The second-order valence-electron chi connectivity index (χ2n) is 5.72. The van der Waals surface area contributed by atoms with Gasteiger partial charge >= 0.3 is 0 Å². The van der Waals surface area contributed by atoms with Gasteiger partial charge in [0.1, 0.15) is 5.82 Å². The van der Waals surface area contributed by atoms with Crippen molar-refractivity contribution in [3.63, 3.8) is 0 Å². The van der Waals surface area contributed by atoms with Crippen LogP contribution in [-0.4, -0.2) is 54.3 Å². The molecule has 1 fully saturated rings. The van der Waals surface area contributed by atoms with Crippen molar-refractivity contribution >= 4 is 15.9 Å². The van der Waals surface area contributed by atoms with Gasteiger partial charge in [0.2, 0.25) is 10.0 Å². The summed E-state index contributed by atoms with van der Waals surface area (Å²) < 4.78 is 41.2. The first-order chi connectivity index (χ1) is 11.4. The third-order valence-electron chi connectivity index (χ3n) is 4.06. The summed E-state index contributed by atoms with van der Waals surface area (Å²) in [6.45, 7) is 1.10. The number of amides is 1. The zero-order valence-corrected chi connectivity index (χ0v) is 14.0. The van der Waals surface area contributed by atoms with Gasteiger partial charge in [-0.1, -0.05) is 0 Å². The molecule has 1 aliphatic heterocycles. The summed E-state index contributed by atoms with van der Waals surface area (Å²) in [6.07, 6.45) is 3.53. The SMILES string of the molecule is Cn1ccc(C(=O)N2CCN(S(=O)(=O)c3ccc(F)cc3)CC2)c1. The van der Waals surface area contributed by atoms with E-state index in [1.807, 2.05) is 7.05 Å². The van der Waals surface area contributed by atoms with Crippen LogP contribution in [0.3, 0.4) is 0 Å². The Balaban J connectivity index is 1.68. The molecule has 24 heavy (non-hydrogen) atoms. The molecule has 6 nitrogen and oxygen atoms in total. The number of rotatable bonds is 3. The number of sulfonamides is 1. The van der Waals surface area contributed by atoms with Gasteiger partial charge < -0.3 is 9.47 Å². The van der Waals surface area contributed by atoms with E-state index in [4.69, 9.17) is 0 Å². The molecule has 1 aliphatic rings. The van der Waals surface area contributed by atoms with Gasteiger partial charge in [-0.15, -0.1) is 0 Å². The average molecular weight is 351 g/mol. The van der Waals surface area contributed by atoms with Gasteiger partial charge in [0.05, 0.1) is 10.5 Å². The smallest absolute Gasteiger partial charge is 0.255 e. The molecule has 0 spiro atoms. The maximum Gasteiger partial charge on any atom is 0.255 e. The zero-order valence-electron chi connectivity index (χ0n) is 13.2. The van der Waals surface area contributed by atoms with Crippen molar-refractivity contribution in [2.24, 2.45) is 7.05 Å². The number of carbonyl (C=O) groups is 1. The molecule has 0 radical (unpaired) electrons. The second-order valence-corrected chi connectivity index (χ2v) is 7.65. The lowest BCUT2D eigenvalue weighted by molar-refractivity contribution is 0.0698. The van der Waals surface area contributed by atoms with Gasteiger partial charge in [-0.3, -0.25) is 4.79 Å². The number of hydrogen-bond donors (Lipinski definition) is 0. The maximum absolute atomic E-state index is 13.0. The van der Waals surface area contributed by atoms with Crippen LogP contribution in [0.5, 0.6) is 0 Å². The highest BCUT2D eigenvalue weighted by molar-refractivity contribution is 7.89. The highest BCUT2D eigenvalue weighted by atomic mass is 32.2. The van der Waals surface area contributed by atoms with Crippen molar-refractivity contribution in [2.75, 3.05) is 26.2 Å². The Hall–Kier alpha value is -2.19. The van der Waals surface area contributed by atoms with Crippen LogP contribution in [0, 0.1) is 5.82 Å². The number of carbonyl (C=O) groups excluding carboxylic acids is 1. The third kappa shape index (κ3) is 3.20. The lowest BCUT2D eigenvalue weighted by Gasteiger charge is -2.33. The molecule has 2 heterocycles. The average Bonchev–Trinajstić information content (AvgIpc) is 3.01. The van der Waals surface area contributed by atoms with Crippen LogP contribution in [0.2, 0.25) is 0 Å². The molecule has 1 aromatic carbocycles. The zero-order chi connectivity index (χ0) is 17.3. The summed E-state index contributed by atoms with van der Waals surface area (Å²) in [4.78, 5) is 14.1. The van der Waals surface area contributed by atoms with E-state index in [1.165, 1.54) is 16.4 Å². The van der Waals surface area contributed by atoms with Crippen LogP contribution in [0.25, 0.3) is 0 Å². The first-order valence-corrected chi connectivity index (χ1v) is 8.99. The highest BCUT2D eigenvalue weighted by Crippen LogP contribution is 2.19. The van der Waals surface area contributed by atoms with Crippen LogP contribution in [-0.2, 0) is 17.1 Å². The summed E-state index contributed by atoms with van der Waals surface area (Å²) in [5.41, 5.74) is 0.590. The Morgan fingerprint density at radius 2 is 1.67 bits per heavy atom. The topological polar surface area (TPSA) is 62.6 Å². The van der Waals surface area contributed by atoms with Gasteiger partial charge in [0.25, 0.3) is 5.91 Å². The van der Waals surface area contributed by atoms with E-state index in [0.717, 1.165) is 12.1 Å². The van der Waals surface area contributed by atoms with Gasteiger partial charge in [-0.25, -0.2) is 12.8 Å². The number of benzene rings is 1. The van der Waals surface area contributed by atoms with Crippen LogP contribution >= 0.6 is 0 Å². The lowest BCUT2D eigenvalue weighted by Crippen LogP contribution is -2.50. The highest BCUT2D eigenvalue weighted by Gasteiger charge is 2.30. The fraction of sp³-hybridized carbons (Fsp3) is 0.312. The predicted molar refractivity (Wildman–Crippen MR) is 86.5 cm³/mol. The largest absolute Gasteiger partial charge is 0.356 e. The minimum absolute atomic E-state index is 0.0618. The third-order valence-corrected chi connectivity index (χ3v) is 5.97. The van der Waals surface area contributed by atoms with Crippen LogP contribution < -0.4 is 0 Å². The van der Waals surface area contributed by atoms with Gasteiger partial charge in [0, 0.05) is 45.6 Å². The second kappa shape index (κ2) is 6.37. The molecule has 0 unspecified atom stereocenters. The van der Waals surface area contributed by atoms with Gasteiger partial charge in [0.15, 0.2) is 0 Å². The van der Waals surface area contributed by atoms with Crippen LogP contribution in [0.1, 0.15) is 10.4 Å². The number of halogens is 1. The van der Waals surface area contributed by atoms with Gasteiger partial charge in [-0.05, 0) is 30.3 Å². The molecule has 2 aromatic rings. The molecule has 128 valence electrons. The minimum Gasteiger partial charge on any atom is -0.356 e. The number of piperazine rings is 1. The molecular weight excluding hydrogens is 333 g/mol. The Morgan fingerprint density at radius 3 is 2.21 bits per heavy atom. The normalized spacial score (nSPS) is 16.3. The van der Waals surface area contributed by atoms with Crippen molar-refractivity contribution in [2.45, 2.75) is 4.90 Å². The fourth-order valence-corrected chi connectivity index (χ4v) is 4.12. The van der Waals surface area contributed by atoms with Crippen molar-refractivity contribution in [3.05, 3.63) is 54.1 Å². The molecule has 0 aliphatic carbocycles. The molecule has 0 saturated carbocycles. The van der Waals surface area contributed by atoms with Gasteiger partial charge in [-0.2, -0.15) is 4.31 Å². The molecule has 1 amide bonds. The molecule has 8 heteroatoms. The van der Waals surface area contributed by atoms with Crippen molar-refractivity contribution in [1.82, 2.24) is 13.8 Å². The van der Waals surface area contributed by atoms with Crippen molar-refractivity contribution in [3.8, 4) is 0 Å². The summed E-state index contributed by atoms with van der Waals surface area (Å²) in [6, 6.07) is 6.51. The quantitative estimate of drug-likeness (QED) is 0.838. The summed E-state index contributed by atoms with van der Waals surface area (Å²) in [5, 5.41) is 0. The molecular formula is C16H18FN3O3S. The Morgan fingerprint density at radius 1 is 1.04 bits per heavy atom. The van der Waals surface area contributed by atoms with E-state index in [1.54, 1.807) is 27.9 Å². The molecule has 0 atom stereocenters. The Bertz CT molecular complexity index is 838. The molecule has 0 N–H and O–H groups in total. The molecule has 1 aromatic heterocycles. The number of hydrogen-bond acceptors (Lipinski definition) is 3. The standard InChI is InChI=1S/C16H18FN3O3S/c1-18-7-6-13(12-18)16(21)19-8-10-20(11-9-19)24(22,23)15-4-2-14(17)3-5-15/h2-7,12H,8-11H2,1H3. The Kier molecular flexibility index (Phi) is 4.42. The molecule has 0 bridgehead atoms. The predicted octanol–water partition coefficient (Wildman–Crippen LogP) is 1.31. The Labute approximate surface area is 140 Å². The van der Waals surface area contributed by atoms with Crippen molar-refractivity contribution in [1.29, 1.82) is 0 Å². The first-order valence-electron chi connectivity index (χ1n) is 7.55. The lowest BCUT2D eigenvalue weighted by atomic mass is 10.2. The first kappa shape index (κ1) is 16.7. The van der Waals surface area contributed by atoms with E-state index in [9.17, 15) is 17.6 Å². The summed E-state index contributed by atoms with van der Waals surface area (Å²) in [5.74, 6) is -0.582. The van der Waals surface area contributed by atoms with E-state index < -0.39 is 15.8 Å². The summed E-state index contributed by atoms with van der Waals surface area (Å²) in [7, 11) is -1.83. The van der Waals surface area contributed by atoms with Crippen LogP contribution in [0.15, 0.2) is 47.6 Å². The van der Waals surface area contributed by atoms with E-state index in [0.29, 0.717) is 18.7 Å². The van der Waals surface area contributed by atoms with E-state index >= 15 is 0 Å². The van der Waals surface area contributed by atoms with Crippen LogP contribution in [0.4, 0.5) is 4.39 Å². The van der Waals surface area contributed by atoms with E-state index in [2.05, 4.69) is 0 Å². The number of aryl methyl sites for hydroxylation is 1. The maximum atomic E-state index is 13.0. The van der Waals surface area contributed by atoms with E-state index in [-0.39, 0.29) is 23.9 Å². The van der Waals surface area contributed by atoms with Crippen molar-refractivity contribution < 1.29 is 17.6 Å². The monoisotopic (exact) mass is 351 g/mol. The summed E-state index contributed by atoms with van der Waals surface area (Å²) >= 11 is 0. The molecule has 1 saturated heterocycles. The minimum atomic E-state index is -3.66. The number of nitrogens with zero attached hydrogens (tertiary/aromatic N) is 3. The fourth-order valence-electron chi connectivity index (χ4n) is 2.70. The number of aromatic nitrogens is 1.